The van der Waals surface area contributed by atoms with Gasteiger partial charge < -0.3 is 10.6 Å². The van der Waals surface area contributed by atoms with Crippen molar-refractivity contribution in [2.75, 3.05) is 5.73 Å². The van der Waals surface area contributed by atoms with E-state index in [4.69, 9.17) is 5.73 Å². The molecule has 100 valence electrons. The lowest BCUT2D eigenvalue weighted by atomic mass is 10.1. The normalized spacial score (nSPS) is 10.7. The summed E-state index contributed by atoms with van der Waals surface area (Å²) >= 11 is 1.11. The molecule has 6 heteroatoms. The Morgan fingerprint density at radius 3 is 2.84 bits per heavy atom. The lowest BCUT2D eigenvalue weighted by Crippen LogP contribution is -2.36. The number of benzene rings is 1. The van der Waals surface area contributed by atoms with E-state index in [2.05, 4.69) is 9.59 Å². The lowest BCUT2D eigenvalue weighted by molar-refractivity contribution is 0.0695. The van der Waals surface area contributed by atoms with Gasteiger partial charge >= 0.3 is 0 Å². The largest absolute Gasteiger partial charge is 0.399 e. The van der Waals surface area contributed by atoms with Gasteiger partial charge in [0.2, 0.25) is 0 Å². The van der Waals surface area contributed by atoms with Gasteiger partial charge in [-0.25, -0.2) is 0 Å². The fraction of sp³-hybridized carbons (Fsp3) is 0.308. The van der Waals surface area contributed by atoms with Gasteiger partial charge in [-0.15, -0.1) is 5.10 Å². The molecular formula is C13H16N4OS. The molecule has 0 bridgehead atoms. The Hall–Kier alpha value is -1.95. The van der Waals surface area contributed by atoms with Gasteiger partial charge in [0, 0.05) is 18.3 Å². The topological polar surface area (TPSA) is 72.1 Å². The van der Waals surface area contributed by atoms with E-state index in [1.165, 1.54) is 6.20 Å². The minimum atomic E-state index is -0.0487. The third-order valence-electron chi connectivity index (χ3n) is 2.76. The van der Waals surface area contributed by atoms with Gasteiger partial charge in [-0.05, 0) is 43.1 Å². The molecule has 2 N–H and O–H groups in total. The van der Waals surface area contributed by atoms with E-state index >= 15 is 0 Å². The maximum atomic E-state index is 12.4. The molecule has 0 atom stereocenters. The molecule has 2 aromatic rings. The van der Waals surface area contributed by atoms with Crippen molar-refractivity contribution in [1.82, 2.24) is 14.5 Å². The van der Waals surface area contributed by atoms with Crippen LogP contribution < -0.4 is 5.73 Å². The Morgan fingerprint density at radius 2 is 2.26 bits per heavy atom. The summed E-state index contributed by atoms with van der Waals surface area (Å²) in [5, 5.41) is 3.71. The molecule has 1 aromatic carbocycles. The smallest absolute Gasteiger partial charge is 0.267 e. The molecule has 0 spiro atoms. The summed E-state index contributed by atoms with van der Waals surface area (Å²) in [4.78, 5) is 14.7. The predicted octanol–water partition coefficient (Wildman–Crippen LogP) is 2.17. The maximum Gasteiger partial charge on any atom is 0.267 e. The molecular weight excluding hydrogens is 260 g/mol. The number of nitrogen functional groups attached to an aromatic ring is 1. The van der Waals surface area contributed by atoms with Gasteiger partial charge in [0.05, 0.1) is 6.20 Å². The zero-order chi connectivity index (χ0) is 13.8. The summed E-state index contributed by atoms with van der Waals surface area (Å²) in [5.74, 6) is -0.0487. The highest BCUT2D eigenvalue weighted by Gasteiger charge is 2.20. The molecule has 5 nitrogen and oxygen atoms in total. The summed E-state index contributed by atoms with van der Waals surface area (Å²) in [7, 11) is 0. The number of hydrogen-bond donors (Lipinski definition) is 1. The number of amides is 1. The van der Waals surface area contributed by atoms with Gasteiger partial charge in [-0.2, -0.15) is 0 Å². The summed E-state index contributed by atoms with van der Waals surface area (Å²) in [5.41, 5.74) is 7.48. The molecule has 0 unspecified atom stereocenters. The number of carbonyl (C=O) groups is 1. The van der Waals surface area contributed by atoms with E-state index < -0.39 is 0 Å². The van der Waals surface area contributed by atoms with Crippen molar-refractivity contribution in [2.24, 2.45) is 0 Å². The summed E-state index contributed by atoms with van der Waals surface area (Å²) in [6, 6.07) is 7.66. The minimum absolute atomic E-state index is 0.0487. The van der Waals surface area contributed by atoms with Crippen LogP contribution in [0.4, 0.5) is 5.69 Å². The van der Waals surface area contributed by atoms with Crippen LogP contribution in [-0.2, 0) is 6.54 Å². The molecule has 0 aliphatic heterocycles. The zero-order valence-corrected chi connectivity index (χ0v) is 11.7. The Morgan fingerprint density at radius 1 is 1.47 bits per heavy atom. The third-order valence-corrected chi connectivity index (χ3v) is 3.41. The Bertz CT molecular complexity index is 554. The van der Waals surface area contributed by atoms with E-state index in [9.17, 15) is 4.79 Å². The second kappa shape index (κ2) is 5.79. The second-order valence-corrected chi connectivity index (χ2v) is 5.34. The van der Waals surface area contributed by atoms with Crippen LogP contribution in [0.1, 0.15) is 29.1 Å². The molecule has 1 heterocycles. The van der Waals surface area contributed by atoms with Crippen LogP contribution in [-0.4, -0.2) is 26.4 Å². The first-order chi connectivity index (χ1) is 9.08. The van der Waals surface area contributed by atoms with Crippen molar-refractivity contribution < 1.29 is 4.79 Å². The van der Waals surface area contributed by atoms with Crippen LogP contribution in [0.15, 0.2) is 30.5 Å². The van der Waals surface area contributed by atoms with Gasteiger partial charge in [-0.1, -0.05) is 16.6 Å². The average Bonchev–Trinajstić information content (AvgIpc) is 2.88. The quantitative estimate of drug-likeness (QED) is 0.869. The predicted molar refractivity (Wildman–Crippen MR) is 75.8 cm³/mol. The van der Waals surface area contributed by atoms with Gasteiger partial charge in [-0.3, -0.25) is 4.79 Å². The zero-order valence-electron chi connectivity index (χ0n) is 10.9. The first-order valence-electron chi connectivity index (χ1n) is 6.00. The molecule has 0 fully saturated rings. The van der Waals surface area contributed by atoms with Gasteiger partial charge in [0.25, 0.3) is 5.91 Å². The fourth-order valence-electron chi connectivity index (χ4n) is 1.78. The van der Waals surface area contributed by atoms with Crippen LogP contribution >= 0.6 is 11.5 Å². The van der Waals surface area contributed by atoms with E-state index in [0.717, 1.165) is 17.1 Å². The monoisotopic (exact) mass is 276 g/mol. The van der Waals surface area contributed by atoms with Crippen molar-refractivity contribution in [2.45, 2.75) is 26.4 Å². The number of anilines is 1. The Labute approximate surface area is 116 Å². The SMILES string of the molecule is CC(C)N(Cc1cccc(N)c1)C(=O)c1cnns1. The first kappa shape index (κ1) is 13.5. The highest BCUT2D eigenvalue weighted by Crippen LogP contribution is 2.16. The molecule has 0 radical (unpaired) electrons. The fourth-order valence-corrected chi connectivity index (χ4v) is 2.25. The van der Waals surface area contributed by atoms with E-state index in [-0.39, 0.29) is 11.9 Å². The third kappa shape index (κ3) is 3.29. The number of aromatic nitrogens is 2. The van der Waals surface area contributed by atoms with Crippen LogP contribution in [0, 0.1) is 0 Å². The number of hydrogen-bond acceptors (Lipinski definition) is 5. The van der Waals surface area contributed by atoms with E-state index in [1.54, 1.807) is 4.90 Å². The Kier molecular flexibility index (Phi) is 4.11. The molecule has 0 aliphatic carbocycles. The summed E-state index contributed by atoms with van der Waals surface area (Å²) in [6.45, 7) is 4.50. The molecule has 2 rings (SSSR count). The lowest BCUT2D eigenvalue weighted by Gasteiger charge is -2.26. The highest BCUT2D eigenvalue weighted by atomic mass is 32.1. The van der Waals surface area contributed by atoms with Crippen LogP contribution in [0.25, 0.3) is 0 Å². The Balaban J connectivity index is 2.19. The van der Waals surface area contributed by atoms with Crippen molar-refractivity contribution in [1.29, 1.82) is 0 Å². The average molecular weight is 276 g/mol. The number of carbonyl (C=O) groups excluding carboxylic acids is 1. The standard InChI is InChI=1S/C13H16N4OS/c1-9(2)17(13(18)12-7-15-16-19-12)8-10-4-3-5-11(14)6-10/h3-7,9H,8,14H2,1-2H3. The highest BCUT2D eigenvalue weighted by molar-refractivity contribution is 7.07. The van der Waals surface area contributed by atoms with Crippen molar-refractivity contribution >= 4 is 23.1 Å². The van der Waals surface area contributed by atoms with Gasteiger partial charge in [0.1, 0.15) is 4.88 Å². The maximum absolute atomic E-state index is 12.4. The first-order valence-corrected chi connectivity index (χ1v) is 6.78. The van der Waals surface area contributed by atoms with Crippen LogP contribution in [0.3, 0.4) is 0 Å². The van der Waals surface area contributed by atoms with E-state index in [0.29, 0.717) is 17.1 Å². The van der Waals surface area contributed by atoms with Crippen LogP contribution in [0.2, 0.25) is 0 Å². The minimum Gasteiger partial charge on any atom is -0.399 e. The number of nitrogens with zero attached hydrogens (tertiary/aromatic N) is 3. The second-order valence-electron chi connectivity index (χ2n) is 4.55. The summed E-state index contributed by atoms with van der Waals surface area (Å²) in [6.07, 6.45) is 1.50. The molecule has 0 saturated heterocycles. The molecule has 1 amide bonds. The number of nitrogens with two attached hydrogens (primary N) is 1. The number of rotatable bonds is 4. The molecule has 0 aliphatic rings. The molecule has 19 heavy (non-hydrogen) atoms. The molecule has 0 saturated carbocycles. The van der Waals surface area contributed by atoms with Crippen LogP contribution in [0.5, 0.6) is 0 Å². The van der Waals surface area contributed by atoms with Crippen molar-refractivity contribution in [3.05, 3.63) is 40.9 Å². The molecule has 1 aromatic heterocycles. The summed E-state index contributed by atoms with van der Waals surface area (Å²) < 4.78 is 3.73. The van der Waals surface area contributed by atoms with E-state index in [1.807, 2.05) is 38.1 Å². The van der Waals surface area contributed by atoms with Gasteiger partial charge in [0.15, 0.2) is 0 Å². The van der Waals surface area contributed by atoms with Crippen molar-refractivity contribution in [3.8, 4) is 0 Å². The van der Waals surface area contributed by atoms with Crippen molar-refractivity contribution in [3.63, 3.8) is 0 Å².